The van der Waals surface area contributed by atoms with Gasteiger partial charge in [-0.05, 0) is 0 Å². The first-order chi connectivity index (χ1) is 25.4. The number of aliphatic hydroxyl groups excluding tert-OH is 11. The van der Waals surface area contributed by atoms with E-state index in [-0.39, 0.29) is 0 Å². The number of ether oxygens (including phenoxy) is 7. The first-order valence-corrected chi connectivity index (χ1v) is 17.1. The Balaban J connectivity index is 1.67. The minimum Gasteiger partial charge on any atom is -0.394 e. The Morgan fingerprint density at radius 3 is 1.20 bits per heavy atom. The fourth-order valence-corrected chi connectivity index (χ4v) is 6.65. The fourth-order valence-electron chi connectivity index (χ4n) is 6.65. The highest BCUT2D eigenvalue weighted by Crippen LogP contribution is 2.33. The zero-order chi connectivity index (χ0) is 40.2. The Bertz CT molecular complexity index is 1250. The van der Waals surface area contributed by atoms with Gasteiger partial charge < -0.3 is 105 Å². The van der Waals surface area contributed by atoms with Crippen molar-refractivity contribution in [1.82, 2.24) is 16.0 Å². The lowest BCUT2D eigenvalue weighted by atomic mass is 9.94. The van der Waals surface area contributed by atoms with Gasteiger partial charge in [0.1, 0.15) is 97.5 Å². The van der Waals surface area contributed by atoms with Gasteiger partial charge in [-0.25, -0.2) is 0 Å². The molecule has 0 aromatic heterocycles. The van der Waals surface area contributed by atoms with Gasteiger partial charge in [-0.2, -0.15) is 0 Å². The second-order valence-electron chi connectivity index (χ2n) is 13.4. The predicted molar refractivity (Wildman–Crippen MR) is 169 cm³/mol. The Hall–Kier alpha value is -2.31. The van der Waals surface area contributed by atoms with E-state index in [4.69, 9.17) is 33.2 Å². The average molecular weight is 790 g/mol. The van der Waals surface area contributed by atoms with Crippen LogP contribution in [-0.2, 0) is 47.5 Å². The number of hydrogen-bond acceptors (Lipinski definition) is 21. The first kappa shape index (κ1) is 44.4. The minimum atomic E-state index is -2.13. The molecule has 0 aromatic carbocycles. The van der Waals surface area contributed by atoms with E-state index in [9.17, 15) is 70.6 Å². The molecule has 14 N–H and O–H groups in total. The highest BCUT2D eigenvalue weighted by molar-refractivity contribution is 5.74. The van der Waals surface area contributed by atoms with Crippen molar-refractivity contribution in [2.75, 3.05) is 26.4 Å². The largest absolute Gasteiger partial charge is 0.394 e. The number of aliphatic hydroxyl groups is 11. The van der Waals surface area contributed by atoms with Crippen LogP contribution in [0.15, 0.2) is 0 Å². The maximum Gasteiger partial charge on any atom is 0.217 e. The number of rotatable bonds is 13. The fraction of sp³-hybridized carbons (Fsp3) is 0.900. The molecule has 1 unspecified atom stereocenters. The van der Waals surface area contributed by atoms with Crippen LogP contribution in [0.1, 0.15) is 20.8 Å². The van der Waals surface area contributed by atoms with E-state index in [2.05, 4.69) is 16.0 Å². The normalized spacial score (nSPS) is 45.7. The van der Waals surface area contributed by atoms with Crippen molar-refractivity contribution < 1.29 is 104 Å². The standard InChI is InChI=1S/C30H51N3O21/c1-8(37)31-15-21(43)18(40)11(4-34)50-28(15)48-7-14-25(53-29-16(32-9(2)38)22(44)19(41)12(5-35)51-29)24(46)26(27(47)49-14)54-30-17(33-10(3)39)23(45)20(42)13(6-36)52-30/h11-30,34-36,40-47H,4-7H2,1-3H3,(H,31,37)(H,32,38)(H,33,39)/t11-,12-,13-,14-,15-,16-,17-,18-,19-,20-,21-,22-,23-,24+,25-,26+,27?,28-,29+,30+/m1/s1. The first-order valence-electron chi connectivity index (χ1n) is 17.1. The van der Waals surface area contributed by atoms with Crippen molar-refractivity contribution in [3.8, 4) is 0 Å². The monoisotopic (exact) mass is 789 g/mol. The lowest BCUT2D eigenvalue weighted by molar-refractivity contribution is -0.374. The van der Waals surface area contributed by atoms with Gasteiger partial charge in [-0.1, -0.05) is 0 Å². The Kier molecular flexibility index (Phi) is 15.8. The molecule has 4 heterocycles. The molecule has 20 atom stereocenters. The molecule has 0 aromatic rings. The lowest BCUT2D eigenvalue weighted by Crippen LogP contribution is -2.69. The van der Waals surface area contributed by atoms with Gasteiger partial charge in [0.05, 0.1) is 26.4 Å². The summed E-state index contributed by atoms with van der Waals surface area (Å²) in [5.41, 5.74) is 0. The molecule has 24 nitrogen and oxygen atoms in total. The number of carbonyl (C=O) groups excluding carboxylic acids is 3. The van der Waals surface area contributed by atoms with Crippen molar-refractivity contribution in [2.45, 2.75) is 143 Å². The lowest BCUT2D eigenvalue weighted by Gasteiger charge is -2.49. The van der Waals surface area contributed by atoms with E-state index < -0.39 is 167 Å². The molecule has 0 spiro atoms. The predicted octanol–water partition coefficient (Wildman–Crippen LogP) is -9.32. The highest BCUT2D eigenvalue weighted by Gasteiger charge is 2.55. The summed E-state index contributed by atoms with van der Waals surface area (Å²) < 4.78 is 40.1. The van der Waals surface area contributed by atoms with Crippen LogP contribution >= 0.6 is 0 Å². The van der Waals surface area contributed by atoms with E-state index in [1.54, 1.807) is 0 Å². The van der Waals surface area contributed by atoms with Crippen molar-refractivity contribution in [3.05, 3.63) is 0 Å². The quantitative estimate of drug-likeness (QED) is 0.0823. The van der Waals surface area contributed by atoms with Crippen LogP contribution in [0, 0.1) is 0 Å². The van der Waals surface area contributed by atoms with Crippen molar-refractivity contribution in [3.63, 3.8) is 0 Å². The van der Waals surface area contributed by atoms with E-state index >= 15 is 0 Å². The number of carbonyl (C=O) groups is 3. The zero-order valence-corrected chi connectivity index (χ0v) is 29.4. The summed E-state index contributed by atoms with van der Waals surface area (Å²) in [6.45, 7) is 0.0339. The summed E-state index contributed by atoms with van der Waals surface area (Å²) in [5.74, 6) is -2.11. The van der Waals surface area contributed by atoms with Crippen LogP contribution in [0.2, 0.25) is 0 Å². The summed E-state index contributed by atoms with van der Waals surface area (Å²) in [4.78, 5) is 36.0. The molecule has 0 radical (unpaired) electrons. The van der Waals surface area contributed by atoms with Gasteiger partial charge >= 0.3 is 0 Å². The Labute approximate surface area is 307 Å². The minimum absolute atomic E-state index is 0.673. The third kappa shape index (κ3) is 9.97. The summed E-state index contributed by atoms with van der Waals surface area (Å²) in [5, 5.41) is 123. The third-order valence-electron chi connectivity index (χ3n) is 9.39. The summed E-state index contributed by atoms with van der Waals surface area (Å²) in [6.07, 6.45) is -29.5. The molecule has 4 fully saturated rings. The molecule has 24 heteroatoms. The van der Waals surface area contributed by atoms with Gasteiger partial charge in [0.15, 0.2) is 25.2 Å². The maximum atomic E-state index is 12.1. The summed E-state index contributed by atoms with van der Waals surface area (Å²) in [6, 6.07) is -4.53. The van der Waals surface area contributed by atoms with Crippen LogP contribution in [0.3, 0.4) is 0 Å². The molecule has 54 heavy (non-hydrogen) atoms. The van der Waals surface area contributed by atoms with E-state index in [0.717, 1.165) is 20.8 Å². The smallest absolute Gasteiger partial charge is 0.217 e. The molecule has 3 amide bonds. The molecule has 0 saturated carbocycles. The van der Waals surface area contributed by atoms with Crippen LogP contribution in [-0.4, -0.2) is 223 Å². The molecule has 4 saturated heterocycles. The molecule has 0 bridgehead atoms. The van der Waals surface area contributed by atoms with Gasteiger partial charge in [0.25, 0.3) is 0 Å². The van der Waals surface area contributed by atoms with E-state index in [1.807, 2.05) is 0 Å². The molecule has 4 aliphatic heterocycles. The maximum absolute atomic E-state index is 12.1. The molecular formula is C30H51N3O21. The van der Waals surface area contributed by atoms with Crippen molar-refractivity contribution in [2.24, 2.45) is 0 Å². The van der Waals surface area contributed by atoms with Gasteiger partial charge in [-0.3, -0.25) is 14.4 Å². The topological polar surface area (TPSA) is 374 Å². The van der Waals surface area contributed by atoms with E-state index in [1.165, 1.54) is 0 Å². The van der Waals surface area contributed by atoms with Crippen LogP contribution in [0.25, 0.3) is 0 Å². The number of amides is 3. The second-order valence-corrected chi connectivity index (χ2v) is 13.4. The van der Waals surface area contributed by atoms with Crippen molar-refractivity contribution >= 4 is 17.7 Å². The molecular weight excluding hydrogens is 738 g/mol. The highest BCUT2D eigenvalue weighted by atomic mass is 16.8. The van der Waals surface area contributed by atoms with Gasteiger partial charge in [-0.15, -0.1) is 0 Å². The molecule has 4 rings (SSSR count). The van der Waals surface area contributed by atoms with Crippen molar-refractivity contribution in [1.29, 1.82) is 0 Å². The van der Waals surface area contributed by atoms with Gasteiger partial charge in [0, 0.05) is 20.8 Å². The molecule has 4 aliphatic rings. The average Bonchev–Trinajstić information content (AvgIpc) is 3.11. The SMILES string of the molecule is CC(=O)N[C@H]1[C@H](OC[C@H]2OC(O)[C@@H](O[C@@H]3O[C@H](CO)[C@@H](O)[C@H](O)[C@H]3NC(C)=O)[C@@H](O)[C@@H]2O[C@@H]2O[C@H](CO)[C@@H](O)[C@H](O)[C@H]2NC(C)=O)O[C@H](CO)[C@@H](O)[C@@H]1O. The summed E-state index contributed by atoms with van der Waals surface area (Å²) >= 11 is 0. The molecule has 312 valence electrons. The zero-order valence-electron chi connectivity index (χ0n) is 29.4. The van der Waals surface area contributed by atoms with E-state index in [0.29, 0.717) is 0 Å². The Morgan fingerprint density at radius 2 is 0.833 bits per heavy atom. The molecule has 0 aliphatic carbocycles. The number of nitrogens with one attached hydrogen (secondary N) is 3. The van der Waals surface area contributed by atoms with Crippen LogP contribution < -0.4 is 16.0 Å². The van der Waals surface area contributed by atoms with Crippen LogP contribution in [0.4, 0.5) is 0 Å². The Morgan fingerprint density at radius 1 is 0.481 bits per heavy atom. The number of hydrogen-bond donors (Lipinski definition) is 14. The summed E-state index contributed by atoms with van der Waals surface area (Å²) in [7, 11) is 0. The van der Waals surface area contributed by atoms with Crippen LogP contribution in [0.5, 0.6) is 0 Å². The second kappa shape index (κ2) is 19.2. The van der Waals surface area contributed by atoms with Gasteiger partial charge in [0.2, 0.25) is 17.7 Å². The third-order valence-corrected chi connectivity index (χ3v) is 9.39.